The van der Waals surface area contributed by atoms with Crippen LogP contribution >= 0.6 is 0 Å². The molecule has 0 radical (unpaired) electrons. The molecule has 1 aromatic heterocycles. The Morgan fingerprint density at radius 1 is 1.32 bits per heavy atom. The lowest BCUT2D eigenvalue weighted by molar-refractivity contribution is 0.279. The van der Waals surface area contributed by atoms with Crippen LogP contribution in [0.3, 0.4) is 0 Å². The standard InChI is InChI=1S/C16H27N3/c1-4-8-17-12-14-13-18-9-5-15(14)19-10-6-16(2,3)7-11-19/h5,9,13,17H,4,6-8,10-12H2,1-3H3. The van der Waals surface area contributed by atoms with Crippen molar-refractivity contribution in [1.29, 1.82) is 0 Å². The van der Waals surface area contributed by atoms with Gasteiger partial charge in [-0.05, 0) is 37.3 Å². The number of rotatable bonds is 5. The van der Waals surface area contributed by atoms with E-state index in [1.54, 1.807) is 0 Å². The Bertz CT molecular complexity index is 391. The predicted molar refractivity (Wildman–Crippen MR) is 81.5 cm³/mol. The van der Waals surface area contributed by atoms with Crippen LogP contribution in [0, 0.1) is 5.41 Å². The van der Waals surface area contributed by atoms with E-state index >= 15 is 0 Å². The summed E-state index contributed by atoms with van der Waals surface area (Å²) in [4.78, 5) is 6.80. The second-order valence-electron chi connectivity index (χ2n) is 6.33. The molecule has 19 heavy (non-hydrogen) atoms. The fourth-order valence-corrected chi connectivity index (χ4v) is 2.62. The van der Waals surface area contributed by atoms with Crippen molar-refractivity contribution in [2.24, 2.45) is 5.41 Å². The van der Waals surface area contributed by atoms with E-state index in [0.29, 0.717) is 5.41 Å². The summed E-state index contributed by atoms with van der Waals surface area (Å²) >= 11 is 0. The van der Waals surface area contributed by atoms with Crippen molar-refractivity contribution in [1.82, 2.24) is 10.3 Å². The second-order valence-corrected chi connectivity index (χ2v) is 6.33. The predicted octanol–water partition coefficient (Wildman–Crippen LogP) is 3.21. The molecule has 1 fully saturated rings. The number of anilines is 1. The van der Waals surface area contributed by atoms with Crippen LogP contribution in [0.4, 0.5) is 5.69 Å². The van der Waals surface area contributed by atoms with E-state index in [0.717, 1.165) is 26.2 Å². The first-order chi connectivity index (χ1) is 9.12. The average molecular weight is 261 g/mol. The van der Waals surface area contributed by atoms with Crippen LogP contribution < -0.4 is 10.2 Å². The first-order valence-corrected chi connectivity index (χ1v) is 7.51. The van der Waals surface area contributed by atoms with E-state index in [1.165, 1.54) is 30.5 Å². The number of piperidine rings is 1. The van der Waals surface area contributed by atoms with Gasteiger partial charge in [0.25, 0.3) is 0 Å². The lowest BCUT2D eigenvalue weighted by Crippen LogP contribution is -2.38. The van der Waals surface area contributed by atoms with Crippen LogP contribution in [0.5, 0.6) is 0 Å². The van der Waals surface area contributed by atoms with Crippen molar-refractivity contribution in [3.63, 3.8) is 0 Å². The summed E-state index contributed by atoms with van der Waals surface area (Å²) in [6.45, 7) is 11.3. The minimum absolute atomic E-state index is 0.504. The molecule has 2 rings (SSSR count). The van der Waals surface area contributed by atoms with Gasteiger partial charge in [0.15, 0.2) is 0 Å². The molecule has 0 unspecified atom stereocenters. The number of aromatic nitrogens is 1. The van der Waals surface area contributed by atoms with Crippen LogP contribution in [-0.2, 0) is 6.54 Å². The largest absolute Gasteiger partial charge is 0.371 e. The second kappa shape index (κ2) is 6.38. The maximum absolute atomic E-state index is 4.28. The van der Waals surface area contributed by atoms with E-state index in [2.05, 4.69) is 42.0 Å². The lowest BCUT2D eigenvalue weighted by Gasteiger charge is -2.39. The van der Waals surface area contributed by atoms with Gasteiger partial charge < -0.3 is 10.2 Å². The molecule has 0 amide bonds. The minimum atomic E-state index is 0.504. The van der Waals surface area contributed by atoms with Gasteiger partial charge in [0.05, 0.1) is 0 Å². The summed E-state index contributed by atoms with van der Waals surface area (Å²) in [5, 5.41) is 3.48. The van der Waals surface area contributed by atoms with E-state index in [-0.39, 0.29) is 0 Å². The molecule has 1 aliphatic rings. The van der Waals surface area contributed by atoms with Gasteiger partial charge in [-0.25, -0.2) is 0 Å². The summed E-state index contributed by atoms with van der Waals surface area (Å²) < 4.78 is 0. The van der Waals surface area contributed by atoms with Gasteiger partial charge in [-0.1, -0.05) is 20.8 Å². The van der Waals surface area contributed by atoms with Crippen molar-refractivity contribution in [2.75, 3.05) is 24.5 Å². The molecule has 0 atom stereocenters. The molecule has 1 N–H and O–H groups in total. The molecule has 1 aromatic rings. The summed E-state index contributed by atoms with van der Waals surface area (Å²) in [6.07, 6.45) is 7.65. The molecule has 0 aromatic carbocycles. The van der Waals surface area contributed by atoms with Crippen molar-refractivity contribution in [3.8, 4) is 0 Å². The third kappa shape index (κ3) is 3.93. The van der Waals surface area contributed by atoms with Crippen molar-refractivity contribution in [3.05, 3.63) is 24.0 Å². The summed E-state index contributed by atoms with van der Waals surface area (Å²) in [6, 6.07) is 2.17. The van der Waals surface area contributed by atoms with E-state index in [9.17, 15) is 0 Å². The molecule has 1 aliphatic heterocycles. The van der Waals surface area contributed by atoms with Crippen LogP contribution in [0.1, 0.15) is 45.6 Å². The summed E-state index contributed by atoms with van der Waals surface area (Å²) in [7, 11) is 0. The quantitative estimate of drug-likeness (QED) is 0.825. The maximum atomic E-state index is 4.28. The third-order valence-electron chi connectivity index (χ3n) is 4.08. The highest BCUT2D eigenvalue weighted by molar-refractivity contribution is 5.52. The van der Waals surface area contributed by atoms with Gasteiger partial charge in [-0.15, -0.1) is 0 Å². The number of nitrogens with zero attached hydrogens (tertiary/aromatic N) is 2. The highest BCUT2D eigenvalue weighted by atomic mass is 15.1. The van der Waals surface area contributed by atoms with Crippen molar-refractivity contribution >= 4 is 5.69 Å². The Labute approximate surface area is 117 Å². The Morgan fingerprint density at radius 2 is 2.05 bits per heavy atom. The number of hydrogen-bond acceptors (Lipinski definition) is 3. The average Bonchev–Trinajstić information content (AvgIpc) is 2.40. The molecule has 0 aliphatic carbocycles. The fourth-order valence-electron chi connectivity index (χ4n) is 2.62. The van der Waals surface area contributed by atoms with Gasteiger partial charge >= 0.3 is 0 Å². The molecule has 0 saturated carbocycles. The van der Waals surface area contributed by atoms with E-state index < -0.39 is 0 Å². The summed E-state index contributed by atoms with van der Waals surface area (Å²) in [5.41, 5.74) is 3.20. The zero-order valence-electron chi connectivity index (χ0n) is 12.6. The fraction of sp³-hybridized carbons (Fsp3) is 0.688. The SMILES string of the molecule is CCCNCc1cnccc1N1CCC(C)(C)CC1. The smallest absolute Gasteiger partial charge is 0.0442 e. The molecule has 2 heterocycles. The molecule has 0 spiro atoms. The van der Waals surface area contributed by atoms with Gasteiger partial charge in [0.2, 0.25) is 0 Å². The Hall–Kier alpha value is -1.09. The normalized spacial score (nSPS) is 18.6. The molecule has 3 heteroatoms. The molecule has 3 nitrogen and oxygen atoms in total. The Balaban J connectivity index is 2.03. The zero-order valence-corrected chi connectivity index (χ0v) is 12.6. The first kappa shape index (κ1) is 14.3. The topological polar surface area (TPSA) is 28.2 Å². The van der Waals surface area contributed by atoms with Crippen LogP contribution in [0.2, 0.25) is 0 Å². The van der Waals surface area contributed by atoms with Gasteiger partial charge in [-0.2, -0.15) is 0 Å². The van der Waals surface area contributed by atoms with Gasteiger partial charge in [-0.3, -0.25) is 4.98 Å². The van der Waals surface area contributed by atoms with E-state index in [1.807, 2.05) is 12.4 Å². The van der Waals surface area contributed by atoms with Crippen molar-refractivity contribution in [2.45, 2.75) is 46.6 Å². The highest BCUT2D eigenvalue weighted by Gasteiger charge is 2.26. The first-order valence-electron chi connectivity index (χ1n) is 7.51. The Morgan fingerprint density at radius 3 is 2.74 bits per heavy atom. The highest BCUT2D eigenvalue weighted by Crippen LogP contribution is 2.33. The van der Waals surface area contributed by atoms with Crippen LogP contribution in [-0.4, -0.2) is 24.6 Å². The van der Waals surface area contributed by atoms with Crippen molar-refractivity contribution < 1.29 is 0 Å². The molecule has 1 saturated heterocycles. The maximum Gasteiger partial charge on any atom is 0.0442 e. The summed E-state index contributed by atoms with van der Waals surface area (Å²) in [5.74, 6) is 0. The zero-order chi connectivity index (χ0) is 13.7. The number of hydrogen-bond donors (Lipinski definition) is 1. The Kier molecular flexibility index (Phi) is 4.81. The minimum Gasteiger partial charge on any atom is -0.371 e. The molecule has 0 bridgehead atoms. The molecular weight excluding hydrogens is 234 g/mol. The monoisotopic (exact) mass is 261 g/mol. The van der Waals surface area contributed by atoms with Gasteiger partial charge in [0.1, 0.15) is 0 Å². The number of pyridine rings is 1. The third-order valence-corrected chi connectivity index (χ3v) is 4.08. The van der Waals surface area contributed by atoms with Gasteiger partial charge in [0, 0.05) is 43.3 Å². The number of nitrogens with one attached hydrogen (secondary N) is 1. The molecule has 106 valence electrons. The van der Waals surface area contributed by atoms with Crippen LogP contribution in [0.15, 0.2) is 18.5 Å². The lowest BCUT2D eigenvalue weighted by atomic mass is 9.82. The van der Waals surface area contributed by atoms with Crippen LogP contribution in [0.25, 0.3) is 0 Å². The molecular formula is C16H27N3. The van der Waals surface area contributed by atoms with E-state index in [4.69, 9.17) is 0 Å².